The Labute approximate surface area is 175 Å². The van der Waals surface area contributed by atoms with Crippen LogP contribution in [0.3, 0.4) is 0 Å². The Morgan fingerprint density at radius 1 is 1.28 bits per heavy atom. The summed E-state index contributed by atoms with van der Waals surface area (Å²) >= 11 is 1.34. The van der Waals surface area contributed by atoms with Crippen molar-refractivity contribution in [3.05, 3.63) is 44.9 Å². The van der Waals surface area contributed by atoms with Gasteiger partial charge >= 0.3 is 5.97 Å². The molecule has 2 rings (SSSR count). The van der Waals surface area contributed by atoms with Crippen LogP contribution in [-0.2, 0) is 9.47 Å². The smallest absolute Gasteiger partial charge is 0.354 e. The molecule has 2 heterocycles. The number of H-pyrrole nitrogens is 1. The van der Waals surface area contributed by atoms with E-state index < -0.39 is 12.0 Å². The predicted octanol–water partition coefficient (Wildman–Crippen LogP) is 3.62. The van der Waals surface area contributed by atoms with Crippen LogP contribution in [0, 0.1) is 13.8 Å². The molecule has 1 N–H and O–H groups in total. The van der Waals surface area contributed by atoms with Gasteiger partial charge in [-0.15, -0.1) is 11.3 Å². The van der Waals surface area contributed by atoms with Gasteiger partial charge in [-0.25, -0.2) is 4.79 Å². The standard InChI is InChI=1S/C21H28N2O5S/c1-6-28-11-8-10-23(20(25)16-9-7-12-29-16)15(4)19(24)17-13(2)18(21(26)27-5)22-14(17)3/h7,9,12,15,22H,6,8,10-11H2,1-5H3/t15-/m0/s1. The van der Waals surface area contributed by atoms with Gasteiger partial charge in [-0.3, -0.25) is 9.59 Å². The average Bonchev–Trinajstić information content (AvgIpc) is 3.34. The number of aromatic nitrogens is 1. The highest BCUT2D eigenvalue weighted by atomic mass is 32.1. The number of carbonyl (C=O) groups is 3. The van der Waals surface area contributed by atoms with Gasteiger partial charge in [0.1, 0.15) is 5.69 Å². The topological polar surface area (TPSA) is 88.7 Å². The number of methoxy groups -OCH3 is 1. The van der Waals surface area contributed by atoms with E-state index in [1.165, 1.54) is 18.4 Å². The van der Waals surface area contributed by atoms with Gasteiger partial charge in [0.05, 0.1) is 18.0 Å². The maximum absolute atomic E-state index is 13.3. The first-order valence-electron chi connectivity index (χ1n) is 9.57. The monoisotopic (exact) mass is 420 g/mol. The Kier molecular flexibility index (Phi) is 8.16. The fourth-order valence-corrected chi connectivity index (χ4v) is 3.95. The SMILES string of the molecule is CCOCCCN(C(=O)c1cccs1)[C@@H](C)C(=O)c1c(C)[nH]c(C(=O)OC)c1C. The van der Waals surface area contributed by atoms with Crippen molar-refractivity contribution in [1.82, 2.24) is 9.88 Å². The van der Waals surface area contributed by atoms with Crippen molar-refractivity contribution in [1.29, 1.82) is 0 Å². The lowest BCUT2D eigenvalue weighted by atomic mass is 9.99. The van der Waals surface area contributed by atoms with Crippen molar-refractivity contribution in [2.75, 3.05) is 26.9 Å². The third-order valence-corrected chi connectivity index (χ3v) is 5.66. The van der Waals surface area contributed by atoms with Gasteiger partial charge in [0.25, 0.3) is 5.91 Å². The number of hydrogen-bond acceptors (Lipinski definition) is 6. The second kappa shape index (κ2) is 10.4. The minimum atomic E-state index is -0.690. The van der Waals surface area contributed by atoms with E-state index in [2.05, 4.69) is 4.98 Å². The number of thiophene rings is 1. The summed E-state index contributed by atoms with van der Waals surface area (Å²) in [5, 5.41) is 1.83. The number of ether oxygens (including phenoxy) is 2. The lowest BCUT2D eigenvalue weighted by molar-refractivity contribution is 0.0589. The summed E-state index contributed by atoms with van der Waals surface area (Å²) in [6.07, 6.45) is 0.626. The van der Waals surface area contributed by atoms with Crippen LogP contribution < -0.4 is 0 Å². The van der Waals surface area contributed by atoms with Gasteiger partial charge < -0.3 is 19.4 Å². The number of esters is 1. The van der Waals surface area contributed by atoms with E-state index in [4.69, 9.17) is 9.47 Å². The number of rotatable bonds is 10. The number of hydrogen-bond donors (Lipinski definition) is 1. The summed E-state index contributed by atoms with van der Waals surface area (Å²) in [6, 6.07) is 2.87. The molecule has 1 atom stereocenters. The summed E-state index contributed by atoms with van der Waals surface area (Å²) in [5.74, 6) is -0.926. The first-order chi connectivity index (χ1) is 13.8. The molecule has 0 spiro atoms. The minimum Gasteiger partial charge on any atom is -0.464 e. The fourth-order valence-electron chi connectivity index (χ4n) is 3.27. The molecule has 1 amide bonds. The Hall–Kier alpha value is -2.45. The number of aromatic amines is 1. The third-order valence-electron chi connectivity index (χ3n) is 4.81. The molecule has 0 bridgehead atoms. The lowest BCUT2D eigenvalue weighted by Crippen LogP contribution is -2.44. The summed E-state index contributed by atoms with van der Waals surface area (Å²) in [4.78, 5) is 43.4. The van der Waals surface area contributed by atoms with Crippen molar-refractivity contribution >= 4 is 29.0 Å². The molecule has 0 radical (unpaired) electrons. The zero-order chi connectivity index (χ0) is 21.6. The maximum atomic E-state index is 13.3. The molecular formula is C21H28N2O5S. The molecule has 0 saturated heterocycles. The zero-order valence-electron chi connectivity index (χ0n) is 17.5. The molecule has 0 aliphatic heterocycles. The van der Waals surface area contributed by atoms with Crippen molar-refractivity contribution in [3.63, 3.8) is 0 Å². The molecule has 0 unspecified atom stereocenters. The van der Waals surface area contributed by atoms with Crippen molar-refractivity contribution < 1.29 is 23.9 Å². The van der Waals surface area contributed by atoms with Gasteiger partial charge in [-0.05, 0) is 51.1 Å². The number of carbonyl (C=O) groups excluding carboxylic acids is 3. The maximum Gasteiger partial charge on any atom is 0.354 e. The number of nitrogens with one attached hydrogen (secondary N) is 1. The first-order valence-corrected chi connectivity index (χ1v) is 10.4. The van der Waals surface area contributed by atoms with Gasteiger partial charge in [0, 0.05) is 31.0 Å². The molecular weight excluding hydrogens is 392 g/mol. The van der Waals surface area contributed by atoms with E-state index in [1.807, 2.05) is 18.4 Å². The number of ketones is 1. The van der Waals surface area contributed by atoms with Crippen LogP contribution in [0.4, 0.5) is 0 Å². The van der Waals surface area contributed by atoms with Crippen LogP contribution in [0.5, 0.6) is 0 Å². The molecule has 158 valence electrons. The number of amides is 1. The highest BCUT2D eigenvalue weighted by Crippen LogP contribution is 2.23. The second-order valence-corrected chi connectivity index (χ2v) is 7.63. The average molecular weight is 421 g/mol. The molecule has 8 heteroatoms. The molecule has 7 nitrogen and oxygen atoms in total. The summed E-state index contributed by atoms with van der Waals surface area (Å²) in [7, 11) is 1.29. The van der Waals surface area contributed by atoms with Gasteiger partial charge in [-0.1, -0.05) is 6.07 Å². The molecule has 0 aliphatic rings. The number of aryl methyl sites for hydroxylation is 1. The summed E-state index contributed by atoms with van der Waals surface area (Å²) < 4.78 is 10.2. The normalized spacial score (nSPS) is 11.9. The summed E-state index contributed by atoms with van der Waals surface area (Å²) in [5.41, 5.74) is 1.79. The van der Waals surface area contributed by atoms with Crippen LogP contribution in [0.1, 0.15) is 62.0 Å². The molecule has 0 aromatic carbocycles. The van der Waals surface area contributed by atoms with Crippen LogP contribution in [0.15, 0.2) is 17.5 Å². The third kappa shape index (κ3) is 5.13. The van der Waals surface area contributed by atoms with Gasteiger partial charge in [0.2, 0.25) is 0 Å². The van der Waals surface area contributed by atoms with Gasteiger partial charge in [-0.2, -0.15) is 0 Å². The largest absolute Gasteiger partial charge is 0.464 e. The van der Waals surface area contributed by atoms with E-state index >= 15 is 0 Å². The number of nitrogens with zero attached hydrogens (tertiary/aromatic N) is 1. The Balaban J connectivity index is 2.31. The first kappa shape index (κ1) is 22.8. The van der Waals surface area contributed by atoms with E-state index in [9.17, 15) is 14.4 Å². The quantitative estimate of drug-likeness (QED) is 0.360. The van der Waals surface area contributed by atoms with E-state index in [0.717, 1.165) is 0 Å². The van der Waals surface area contributed by atoms with Crippen LogP contribution in [0.25, 0.3) is 0 Å². The van der Waals surface area contributed by atoms with Crippen LogP contribution in [-0.4, -0.2) is 60.5 Å². The van der Waals surface area contributed by atoms with E-state index in [-0.39, 0.29) is 17.4 Å². The number of Topliss-reactive ketones (excluding diaryl/α,β-unsaturated/α-hetero) is 1. The Bertz CT molecular complexity index is 857. The second-order valence-electron chi connectivity index (χ2n) is 6.68. The van der Waals surface area contributed by atoms with Crippen LogP contribution >= 0.6 is 11.3 Å². The lowest BCUT2D eigenvalue weighted by Gasteiger charge is -2.28. The van der Waals surface area contributed by atoms with E-state index in [0.29, 0.717) is 47.9 Å². The Morgan fingerprint density at radius 3 is 2.59 bits per heavy atom. The van der Waals surface area contributed by atoms with Crippen molar-refractivity contribution in [2.24, 2.45) is 0 Å². The fraction of sp³-hybridized carbons (Fsp3) is 0.476. The van der Waals surface area contributed by atoms with Crippen molar-refractivity contribution in [2.45, 2.75) is 40.2 Å². The Morgan fingerprint density at radius 2 is 2.00 bits per heavy atom. The minimum absolute atomic E-state index is 0.184. The van der Waals surface area contributed by atoms with E-state index in [1.54, 1.807) is 31.7 Å². The van der Waals surface area contributed by atoms with Crippen molar-refractivity contribution in [3.8, 4) is 0 Å². The molecule has 0 fully saturated rings. The highest BCUT2D eigenvalue weighted by Gasteiger charge is 2.31. The predicted molar refractivity (Wildman–Crippen MR) is 112 cm³/mol. The molecule has 2 aromatic rings. The molecule has 2 aromatic heterocycles. The van der Waals surface area contributed by atoms with Crippen LogP contribution in [0.2, 0.25) is 0 Å². The van der Waals surface area contributed by atoms with Gasteiger partial charge in [0.15, 0.2) is 5.78 Å². The molecule has 0 saturated carbocycles. The zero-order valence-corrected chi connectivity index (χ0v) is 18.4. The summed E-state index contributed by atoms with van der Waals surface area (Å²) in [6.45, 7) is 8.59. The molecule has 29 heavy (non-hydrogen) atoms. The highest BCUT2D eigenvalue weighted by molar-refractivity contribution is 7.12. The molecule has 0 aliphatic carbocycles.